The summed E-state index contributed by atoms with van der Waals surface area (Å²) in [4.78, 5) is 8.09. The highest BCUT2D eigenvalue weighted by Crippen LogP contribution is 2.18. The zero-order chi connectivity index (χ0) is 13.1. The summed E-state index contributed by atoms with van der Waals surface area (Å²) in [5.74, 6) is 1.26. The average molecular weight is 273 g/mol. The van der Waals surface area contributed by atoms with E-state index in [-0.39, 0.29) is 0 Å². The lowest BCUT2D eigenvalue weighted by Crippen LogP contribution is -2.09. The first-order chi connectivity index (χ1) is 8.84. The van der Waals surface area contributed by atoms with Crippen LogP contribution in [-0.2, 0) is 14.2 Å². The molecule has 0 aliphatic rings. The van der Waals surface area contributed by atoms with Crippen molar-refractivity contribution in [1.29, 1.82) is 0 Å². The molecule has 0 bridgehead atoms. The van der Waals surface area contributed by atoms with Crippen LogP contribution in [0.1, 0.15) is 0 Å². The monoisotopic (exact) mass is 273 g/mol. The molecule has 102 valence electrons. The molecule has 0 radical (unpaired) electrons. The van der Waals surface area contributed by atoms with Crippen molar-refractivity contribution in [2.24, 2.45) is 0 Å². The molecule has 0 unspecified atom stereocenters. The van der Waals surface area contributed by atoms with Crippen molar-refractivity contribution in [2.45, 2.75) is 5.03 Å². The Morgan fingerprint density at radius 1 is 1.06 bits per heavy atom. The standard InChI is InChI=1S/C11H19N3O3S/c1-15-4-5-16-6-7-17-8-9-18-11-10(12)13-2-3-14-11/h2-3H,4-9H2,1H3,(H2,12,13). The summed E-state index contributed by atoms with van der Waals surface area (Å²) in [5, 5.41) is 0.748. The van der Waals surface area contributed by atoms with E-state index in [0.29, 0.717) is 38.9 Å². The first-order valence-electron chi connectivity index (χ1n) is 5.68. The molecule has 1 aromatic rings. The smallest absolute Gasteiger partial charge is 0.156 e. The van der Waals surface area contributed by atoms with Crippen molar-refractivity contribution in [3.05, 3.63) is 12.4 Å². The normalized spacial score (nSPS) is 10.7. The number of nitrogen functional groups attached to an aromatic ring is 1. The molecule has 1 heterocycles. The Labute approximate surface area is 111 Å². The summed E-state index contributed by atoms with van der Waals surface area (Å²) in [6, 6.07) is 0. The van der Waals surface area contributed by atoms with Gasteiger partial charge in [0.2, 0.25) is 0 Å². The lowest BCUT2D eigenvalue weighted by molar-refractivity contribution is 0.0286. The van der Waals surface area contributed by atoms with Crippen LogP contribution in [0.2, 0.25) is 0 Å². The van der Waals surface area contributed by atoms with E-state index < -0.39 is 0 Å². The number of aromatic nitrogens is 2. The van der Waals surface area contributed by atoms with Crippen molar-refractivity contribution >= 4 is 17.6 Å². The zero-order valence-corrected chi connectivity index (χ0v) is 11.3. The van der Waals surface area contributed by atoms with Crippen LogP contribution in [0.15, 0.2) is 17.4 Å². The maximum absolute atomic E-state index is 5.66. The van der Waals surface area contributed by atoms with Crippen LogP contribution in [-0.4, -0.2) is 55.9 Å². The minimum absolute atomic E-state index is 0.463. The van der Waals surface area contributed by atoms with Crippen LogP contribution in [0.3, 0.4) is 0 Å². The van der Waals surface area contributed by atoms with E-state index in [9.17, 15) is 0 Å². The third-order valence-corrected chi connectivity index (χ3v) is 2.92. The van der Waals surface area contributed by atoms with Gasteiger partial charge in [0.25, 0.3) is 0 Å². The minimum Gasteiger partial charge on any atom is -0.382 e. The van der Waals surface area contributed by atoms with Gasteiger partial charge in [0.05, 0.1) is 33.0 Å². The fraction of sp³-hybridized carbons (Fsp3) is 0.636. The van der Waals surface area contributed by atoms with Gasteiger partial charge in [-0.2, -0.15) is 0 Å². The molecule has 0 aliphatic carbocycles. The molecule has 7 heteroatoms. The zero-order valence-electron chi connectivity index (χ0n) is 10.5. The number of thioether (sulfide) groups is 1. The summed E-state index contributed by atoms with van der Waals surface area (Å²) in [6.07, 6.45) is 3.20. The fourth-order valence-corrected chi connectivity index (χ4v) is 1.84. The predicted molar refractivity (Wildman–Crippen MR) is 70.7 cm³/mol. The Morgan fingerprint density at radius 3 is 2.44 bits per heavy atom. The molecule has 6 nitrogen and oxygen atoms in total. The van der Waals surface area contributed by atoms with Gasteiger partial charge in [0, 0.05) is 25.3 Å². The number of hydrogen-bond donors (Lipinski definition) is 1. The van der Waals surface area contributed by atoms with Crippen molar-refractivity contribution in [2.75, 3.05) is 51.6 Å². The number of methoxy groups -OCH3 is 1. The first kappa shape index (κ1) is 15.2. The second-order valence-corrected chi connectivity index (χ2v) is 4.40. The summed E-state index contributed by atoms with van der Waals surface area (Å²) in [6.45, 7) is 3.02. The second kappa shape index (κ2) is 10.1. The van der Waals surface area contributed by atoms with Gasteiger partial charge in [-0.1, -0.05) is 0 Å². The van der Waals surface area contributed by atoms with Gasteiger partial charge in [-0.3, -0.25) is 0 Å². The summed E-state index contributed by atoms with van der Waals surface area (Å²) in [7, 11) is 1.65. The Balaban J connectivity index is 1.94. The molecule has 0 aromatic carbocycles. The lowest BCUT2D eigenvalue weighted by atomic mass is 10.7. The Hall–Kier alpha value is -0.890. The SMILES string of the molecule is COCCOCCOCCSc1nccnc1N. The number of anilines is 1. The van der Waals surface area contributed by atoms with Gasteiger partial charge in [0.15, 0.2) is 5.82 Å². The average Bonchev–Trinajstić information content (AvgIpc) is 2.39. The molecule has 0 atom stereocenters. The van der Waals surface area contributed by atoms with Gasteiger partial charge in [-0.25, -0.2) is 9.97 Å². The predicted octanol–water partition coefficient (Wildman–Crippen LogP) is 0.831. The largest absolute Gasteiger partial charge is 0.382 e. The van der Waals surface area contributed by atoms with E-state index >= 15 is 0 Å². The van der Waals surface area contributed by atoms with Crippen LogP contribution in [0.4, 0.5) is 5.82 Å². The minimum atomic E-state index is 0.463. The molecule has 0 fully saturated rings. The highest BCUT2D eigenvalue weighted by atomic mass is 32.2. The molecule has 0 saturated carbocycles. The Bertz CT molecular complexity index is 328. The van der Waals surface area contributed by atoms with Crippen LogP contribution >= 0.6 is 11.8 Å². The van der Waals surface area contributed by atoms with Crippen LogP contribution < -0.4 is 5.73 Å². The maximum atomic E-state index is 5.66. The van der Waals surface area contributed by atoms with Gasteiger partial charge >= 0.3 is 0 Å². The highest BCUT2D eigenvalue weighted by molar-refractivity contribution is 7.99. The molecule has 1 aromatic heterocycles. The van der Waals surface area contributed by atoms with Crippen molar-refractivity contribution in [1.82, 2.24) is 9.97 Å². The molecule has 0 aliphatic heterocycles. The summed E-state index contributed by atoms with van der Waals surface area (Å²) < 4.78 is 15.5. The van der Waals surface area contributed by atoms with Crippen molar-refractivity contribution in [3.8, 4) is 0 Å². The molecular formula is C11H19N3O3S. The van der Waals surface area contributed by atoms with Gasteiger partial charge in [0.1, 0.15) is 5.03 Å². The Kier molecular flexibility index (Phi) is 8.49. The summed E-state index contributed by atoms with van der Waals surface area (Å²) >= 11 is 1.53. The summed E-state index contributed by atoms with van der Waals surface area (Å²) in [5.41, 5.74) is 5.66. The topological polar surface area (TPSA) is 79.5 Å². The maximum Gasteiger partial charge on any atom is 0.156 e. The molecular weight excluding hydrogens is 254 g/mol. The molecule has 0 spiro atoms. The molecule has 2 N–H and O–H groups in total. The van der Waals surface area contributed by atoms with Gasteiger partial charge in [-0.15, -0.1) is 11.8 Å². The van der Waals surface area contributed by atoms with Gasteiger partial charge < -0.3 is 19.9 Å². The van der Waals surface area contributed by atoms with Crippen LogP contribution in [0.25, 0.3) is 0 Å². The van der Waals surface area contributed by atoms with Gasteiger partial charge in [-0.05, 0) is 0 Å². The van der Waals surface area contributed by atoms with Crippen molar-refractivity contribution in [3.63, 3.8) is 0 Å². The van der Waals surface area contributed by atoms with E-state index in [2.05, 4.69) is 9.97 Å². The molecule has 18 heavy (non-hydrogen) atoms. The van der Waals surface area contributed by atoms with E-state index in [1.54, 1.807) is 19.5 Å². The van der Waals surface area contributed by atoms with Crippen molar-refractivity contribution < 1.29 is 14.2 Å². The van der Waals surface area contributed by atoms with Crippen LogP contribution in [0.5, 0.6) is 0 Å². The third kappa shape index (κ3) is 6.75. The van der Waals surface area contributed by atoms with E-state index in [0.717, 1.165) is 10.8 Å². The number of nitrogens with two attached hydrogens (primary N) is 1. The van der Waals surface area contributed by atoms with E-state index in [1.807, 2.05) is 0 Å². The number of rotatable bonds is 10. The lowest BCUT2D eigenvalue weighted by Gasteiger charge is -2.05. The Morgan fingerprint density at radius 2 is 1.72 bits per heavy atom. The first-order valence-corrected chi connectivity index (χ1v) is 6.67. The highest BCUT2D eigenvalue weighted by Gasteiger charge is 2.01. The molecule has 1 rings (SSSR count). The molecule has 0 saturated heterocycles. The number of ether oxygens (including phenoxy) is 3. The molecule has 0 amide bonds. The second-order valence-electron chi connectivity index (χ2n) is 3.31. The van der Waals surface area contributed by atoms with E-state index in [1.165, 1.54) is 11.8 Å². The quantitative estimate of drug-likeness (QED) is 0.499. The number of nitrogens with zero attached hydrogens (tertiary/aromatic N) is 2. The third-order valence-electron chi connectivity index (χ3n) is 1.96. The van der Waals surface area contributed by atoms with Crippen LogP contribution in [0, 0.1) is 0 Å². The fourth-order valence-electron chi connectivity index (χ4n) is 1.11. The van der Waals surface area contributed by atoms with E-state index in [4.69, 9.17) is 19.9 Å². The number of hydrogen-bond acceptors (Lipinski definition) is 7.